The highest BCUT2D eigenvalue weighted by Gasteiger charge is 2.29. The predicted octanol–water partition coefficient (Wildman–Crippen LogP) is 3.04. The van der Waals surface area contributed by atoms with Crippen molar-refractivity contribution in [1.82, 2.24) is 4.90 Å². The van der Waals surface area contributed by atoms with Gasteiger partial charge in [-0.15, -0.1) is 0 Å². The van der Waals surface area contributed by atoms with E-state index in [1.807, 2.05) is 18.2 Å². The van der Waals surface area contributed by atoms with E-state index in [4.69, 9.17) is 6.57 Å². The van der Waals surface area contributed by atoms with Crippen molar-refractivity contribution in [3.05, 3.63) is 41.2 Å². The number of hydrogen-bond acceptors (Lipinski definition) is 1. The number of rotatable bonds is 2. The van der Waals surface area contributed by atoms with Crippen LogP contribution in [0, 0.1) is 6.57 Å². The van der Waals surface area contributed by atoms with E-state index in [9.17, 15) is 0 Å². The molecule has 1 heterocycles. The molecule has 1 saturated heterocycles. The van der Waals surface area contributed by atoms with Crippen LogP contribution in [0.1, 0.15) is 25.3 Å². The van der Waals surface area contributed by atoms with Gasteiger partial charge in [-0.25, -0.2) is 4.85 Å². The summed E-state index contributed by atoms with van der Waals surface area (Å²) in [4.78, 5) is 5.92. The summed E-state index contributed by atoms with van der Waals surface area (Å²) in [6, 6.07) is 8.66. The van der Waals surface area contributed by atoms with Gasteiger partial charge in [-0.3, -0.25) is 4.90 Å². The molecule has 1 aromatic carbocycles. The van der Waals surface area contributed by atoms with Gasteiger partial charge in [-0.1, -0.05) is 29.8 Å². The average molecular weight is 200 g/mol. The molecule has 0 unspecified atom stereocenters. The second-order valence-corrected chi connectivity index (χ2v) is 4.45. The van der Waals surface area contributed by atoms with E-state index in [2.05, 4.69) is 29.7 Å². The highest BCUT2D eigenvalue weighted by Crippen LogP contribution is 2.30. The Kier molecular flexibility index (Phi) is 2.75. The van der Waals surface area contributed by atoms with Crippen molar-refractivity contribution in [2.45, 2.75) is 25.8 Å². The largest absolute Gasteiger partial charge is 0.300 e. The van der Waals surface area contributed by atoms with Gasteiger partial charge in [0.1, 0.15) is 0 Å². The lowest BCUT2D eigenvalue weighted by molar-refractivity contribution is 0.110. The minimum absolute atomic E-state index is 0.633. The first-order valence-electron chi connectivity index (χ1n) is 5.42. The van der Waals surface area contributed by atoms with Crippen LogP contribution in [-0.2, 0) is 0 Å². The normalized spacial score (nSPS) is 17.5. The molecule has 0 aliphatic carbocycles. The monoisotopic (exact) mass is 200 g/mol. The zero-order chi connectivity index (χ0) is 10.8. The van der Waals surface area contributed by atoms with Crippen LogP contribution in [0.2, 0.25) is 0 Å². The molecule has 1 aliphatic heterocycles. The van der Waals surface area contributed by atoms with Crippen molar-refractivity contribution >= 4 is 5.69 Å². The summed E-state index contributed by atoms with van der Waals surface area (Å²) in [7, 11) is 0. The average Bonchev–Trinajstić information content (AvgIpc) is 2.15. The van der Waals surface area contributed by atoms with E-state index in [0.717, 1.165) is 18.8 Å². The molecule has 0 saturated carbocycles. The summed E-state index contributed by atoms with van der Waals surface area (Å²) < 4.78 is 0. The number of nitrogens with zero attached hydrogens (tertiary/aromatic N) is 2. The molecule has 0 N–H and O–H groups in total. The van der Waals surface area contributed by atoms with E-state index in [1.54, 1.807) is 0 Å². The van der Waals surface area contributed by atoms with Crippen molar-refractivity contribution in [1.29, 1.82) is 0 Å². The zero-order valence-electron chi connectivity index (χ0n) is 9.27. The van der Waals surface area contributed by atoms with Gasteiger partial charge in [-0.2, -0.15) is 0 Å². The van der Waals surface area contributed by atoms with Crippen LogP contribution in [0.3, 0.4) is 0 Å². The highest BCUT2D eigenvalue weighted by molar-refractivity contribution is 5.47. The summed E-state index contributed by atoms with van der Waals surface area (Å²) in [5, 5.41) is 0. The summed E-state index contributed by atoms with van der Waals surface area (Å²) in [6.07, 6.45) is 0. The third kappa shape index (κ3) is 2.03. The van der Waals surface area contributed by atoms with Gasteiger partial charge in [0.25, 0.3) is 0 Å². The predicted molar refractivity (Wildman–Crippen MR) is 62.2 cm³/mol. The van der Waals surface area contributed by atoms with Gasteiger partial charge < -0.3 is 0 Å². The molecule has 0 spiro atoms. The van der Waals surface area contributed by atoms with Crippen LogP contribution in [0.25, 0.3) is 4.85 Å². The zero-order valence-corrected chi connectivity index (χ0v) is 9.27. The molecule has 2 heteroatoms. The van der Waals surface area contributed by atoms with E-state index in [1.165, 1.54) is 5.56 Å². The molecule has 15 heavy (non-hydrogen) atoms. The van der Waals surface area contributed by atoms with Gasteiger partial charge in [-0.05, 0) is 13.8 Å². The molecule has 0 amide bonds. The number of likely N-dealkylation sites (tertiary alicyclic amines) is 1. The standard InChI is InChI=1S/C13H16N2/c1-10(2)15-8-12(9-15)11-5-4-6-13(7-11)14-3/h4-7,10,12H,8-9H2,1-2H3. The third-order valence-corrected chi connectivity index (χ3v) is 3.11. The fraction of sp³-hybridized carbons (Fsp3) is 0.462. The van der Waals surface area contributed by atoms with Crippen molar-refractivity contribution in [2.24, 2.45) is 0 Å². The Balaban J connectivity index is 2.04. The van der Waals surface area contributed by atoms with Gasteiger partial charge in [0.2, 0.25) is 0 Å². The maximum Gasteiger partial charge on any atom is 0.187 e. The summed E-state index contributed by atoms with van der Waals surface area (Å²) in [5.74, 6) is 0.633. The van der Waals surface area contributed by atoms with Crippen molar-refractivity contribution < 1.29 is 0 Å². The van der Waals surface area contributed by atoms with Crippen LogP contribution in [-0.4, -0.2) is 24.0 Å². The van der Waals surface area contributed by atoms with Crippen molar-refractivity contribution in [2.75, 3.05) is 13.1 Å². The minimum Gasteiger partial charge on any atom is -0.300 e. The van der Waals surface area contributed by atoms with Gasteiger partial charge >= 0.3 is 0 Å². The van der Waals surface area contributed by atoms with E-state index in [-0.39, 0.29) is 0 Å². The quantitative estimate of drug-likeness (QED) is 0.666. The lowest BCUT2D eigenvalue weighted by atomic mass is 9.90. The number of benzene rings is 1. The molecule has 1 aliphatic rings. The Morgan fingerprint density at radius 3 is 2.73 bits per heavy atom. The van der Waals surface area contributed by atoms with E-state index in [0.29, 0.717) is 12.0 Å². The molecule has 2 nitrogen and oxygen atoms in total. The molecule has 2 rings (SSSR count). The van der Waals surface area contributed by atoms with Crippen LogP contribution in [0.4, 0.5) is 5.69 Å². The van der Waals surface area contributed by atoms with Crippen LogP contribution in [0.5, 0.6) is 0 Å². The Morgan fingerprint density at radius 1 is 1.40 bits per heavy atom. The van der Waals surface area contributed by atoms with E-state index >= 15 is 0 Å². The Bertz CT molecular complexity index is 384. The SMILES string of the molecule is [C-]#[N+]c1cccc(C2CN(C(C)C)C2)c1. The van der Waals surface area contributed by atoms with E-state index < -0.39 is 0 Å². The minimum atomic E-state index is 0.633. The lowest BCUT2D eigenvalue weighted by Crippen LogP contribution is -2.48. The van der Waals surface area contributed by atoms with Crippen LogP contribution >= 0.6 is 0 Å². The Labute approximate surface area is 91.3 Å². The molecule has 0 bridgehead atoms. The molecule has 1 aromatic rings. The van der Waals surface area contributed by atoms with Gasteiger partial charge in [0, 0.05) is 25.0 Å². The lowest BCUT2D eigenvalue weighted by Gasteiger charge is -2.42. The summed E-state index contributed by atoms with van der Waals surface area (Å²) in [5.41, 5.74) is 2.08. The smallest absolute Gasteiger partial charge is 0.187 e. The Hall–Kier alpha value is -1.33. The summed E-state index contributed by atoms with van der Waals surface area (Å²) in [6.45, 7) is 13.7. The summed E-state index contributed by atoms with van der Waals surface area (Å²) >= 11 is 0. The molecule has 0 radical (unpaired) electrons. The first-order valence-corrected chi connectivity index (χ1v) is 5.42. The Morgan fingerprint density at radius 2 is 2.13 bits per heavy atom. The fourth-order valence-corrected chi connectivity index (χ4v) is 1.99. The van der Waals surface area contributed by atoms with Gasteiger partial charge in [0.15, 0.2) is 5.69 Å². The maximum atomic E-state index is 6.98. The van der Waals surface area contributed by atoms with Crippen molar-refractivity contribution in [3.63, 3.8) is 0 Å². The second-order valence-electron chi connectivity index (χ2n) is 4.45. The van der Waals surface area contributed by atoms with Crippen LogP contribution < -0.4 is 0 Å². The topological polar surface area (TPSA) is 7.60 Å². The molecule has 1 fully saturated rings. The van der Waals surface area contributed by atoms with Gasteiger partial charge in [0.05, 0.1) is 6.57 Å². The third-order valence-electron chi connectivity index (χ3n) is 3.11. The second kappa shape index (κ2) is 4.04. The van der Waals surface area contributed by atoms with Crippen molar-refractivity contribution in [3.8, 4) is 0 Å². The highest BCUT2D eigenvalue weighted by atomic mass is 15.2. The first-order chi connectivity index (χ1) is 7.20. The first kappa shape index (κ1) is 10.2. The maximum absolute atomic E-state index is 6.98. The number of hydrogen-bond donors (Lipinski definition) is 0. The fourth-order valence-electron chi connectivity index (χ4n) is 1.99. The molecular weight excluding hydrogens is 184 g/mol. The van der Waals surface area contributed by atoms with Crippen LogP contribution in [0.15, 0.2) is 24.3 Å². The molecule has 0 atom stereocenters. The molecular formula is C13H16N2. The molecule has 0 aromatic heterocycles. The molecule has 78 valence electrons.